The fourth-order valence-corrected chi connectivity index (χ4v) is 1.38. The Hall–Kier alpha value is -0.770. The maximum Gasteiger partial charge on any atom is 0.188 e. The second-order valence-corrected chi connectivity index (χ2v) is 4.15. The molecule has 0 bridgehead atoms. The van der Waals surface area contributed by atoms with Gasteiger partial charge in [0.15, 0.2) is 5.96 Å². The first kappa shape index (κ1) is 11.3. The SMILES string of the molecule is CC(C)CN=C(N)NC1CCOCC1. The molecule has 82 valence electrons. The number of nitrogens with two attached hydrogens (primary N) is 1. The highest BCUT2D eigenvalue weighted by Gasteiger charge is 2.13. The van der Waals surface area contributed by atoms with E-state index in [9.17, 15) is 0 Å². The zero-order chi connectivity index (χ0) is 10.4. The minimum absolute atomic E-state index is 0.444. The molecule has 0 aromatic heterocycles. The van der Waals surface area contributed by atoms with E-state index in [-0.39, 0.29) is 0 Å². The number of hydrogen-bond donors (Lipinski definition) is 2. The van der Waals surface area contributed by atoms with Gasteiger partial charge >= 0.3 is 0 Å². The molecule has 0 atom stereocenters. The van der Waals surface area contributed by atoms with Gasteiger partial charge in [0.05, 0.1) is 0 Å². The molecular weight excluding hydrogens is 178 g/mol. The number of nitrogens with zero attached hydrogens (tertiary/aromatic N) is 1. The lowest BCUT2D eigenvalue weighted by Crippen LogP contribution is -2.43. The van der Waals surface area contributed by atoms with Gasteiger partial charge in [-0.1, -0.05) is 13.8 Å². The van der Waals surface area contributed by atoms with Crippen LogP contribution in [0.2, 0.25) is 0 Å². The Kier molecular flexibility index (Phi) is 4.73. The van der Waals surface area contributed by atoms with Crippen molar-refractivity contribution >= 4 is 5.96 Å². The predicted octanol–water partition coefficient (Wildman–Crippen LogP) is 0.726. The molecule has 0 aromatic carbocycles. The second kappa shape index (κ2) is 5.86. The summed E-state index contributed by atoms with van der Waals surface area (Å²) in [7, 11) is 0. The van der Waals surface area contributed by atoms with Crippen LogP contribution in [-0.4, -0.2) is 31.8 Å². The number of aliphatic imine (C=N–C) groups is 1. The average Bonchev–Trinajstić information content (AvgIpc) is 2.16. The molecule has 1 aliphatic rings. The molecule has 14 heavy (non-hydrogen) atoms. The van der Waals surface area contributed by atoms with Crippen LogP contribution < -0.4 is 11.1 Å². The van der Waals surface area contributed by atoms with Crippen LogP contribution in [0.1, 0.15) is 26.7 Å². The first-order valence-electron chi connectivity index (χ1n) is 5.32. The van der Waals surface area contributed by atoms with E-state index in [0.29, 0.717) is 17.9 Å². The van der Waals surface area contributed by atoms with Crippen LogP contribution in [0.15, 0.2) is 4.99 Å². The lowest BCUT2D eigenvalue weighted by atomic mass is 10.1. The molecule has 3 N–H and O–H groups in total. The van der Waals surface area contributed by atoms with E-state index >= 15 is 0 Å². The van der Waals surface area contributed by atoms with Gasteiger partial charge in [-0.25, -0.2) is 0 Å². The lowest BCUT2D eigenvalue weighted by molar-refractivity contribution is 0.0823. The number of nitrogens with one attached hydrogen (secondary N) is 1. The molecule has 0 radical (unpaired) electrons. The van der Waals surface area contributed by atoms with Crippen molar-refractivity contribution < 1.29 is 4.74 Å². The number of hydrogen-bond acceptors (Lipinski definition) is 2. The molecule has 1 aliphatic heterocycles. The van der Waals surface area contributed by atoms with Crippen molar-refractivity contribution in [2.45, 2.75) is 32.7 Å². The Morgan fingerprint density at radius 2 is 2.14 bits per heavy atom. The molecule has 4 nitrogen and oxygen atoms in total. The molecule has 0 aromatic rings. The highest BCUT2D eigenvalue weighted by molar-refractivity contribution is 5.78. The smallest absolute Gasteiger partial charge is 0.188 e. The maximum absolute atomic E-state index is 5.75. The normalized spacial score (nSPS) is 20.1. The number of ether oxygens (including phenoxy) is 1. The van der Waals surface area contributed by atoms with Crippen LogP contribution in [0.25, 0.3) is 0 Å². The molecular formula is C10H21N3O. The standard InChI is InChI=1S/C10H21N3O/c1-8(2)7-12-10(11)13-9-3-5-14-6-4-9/h8-9H,3-7H2,1-2H3,(H3,11,12,13). The van der Waals surface area contributed by atoms with Crippen molar-refractivity contribution in [3.05, 3.63) is 0 Å². The van der Waals surface area contributed by atoms with Crippen LogP contribution in [0.5, 0.6) is 0 Å². The first-order valence-corrected chi connectivity index (χ1v) is 5.32. The van der Waals surface area contributed by atoms with Gasteiger partial charge in [-0.15, -0.1) is 0 Å². The van der Waals surface area contributed by atoms with Gasteiger partial charge < -0.3 is 15.8 Å². The summed E-state index contributed by atoms with van der Waals surface area (Å²) in [6.45, 7) is 6.71. The van der Waals surface area contributed by atoms with Gasteiger partial charge in [-0.3, -0.25) is 4.99 Å². The molecule has 0 saturated carbocycles. The van der Waals surface area contributed by atoms with E-state index in [1.807, 2.05) is 0 Å². The van der Waals surface area contributed by atoms with Crippen molar-refractivity contribution in [1.29, 1.82) is 0 Å². The Labute approximate surface area is 85.9 Å². The van der Waals surface area contributed by atoms with E-state index in [0.717, 1.165) is 32.6 Å². The van der Waals surface area contributed by atoms with Crippen LogP contribution in [0.4, 0.5) is 0 Å². The van der Waals surface area contributed by atoms with Gasteiger partial charge in [0.25, 0.3) is 0 Å². The highest BCUT2D eigenvalue weighted by Crippen LogP contribution is 2.05. The van der Waals surface area contributed by atoms with Crippen LogP contribution in [-0.2, 0) is 4.74 Å². The van der Waals surface area contributed by atoms with Crippen molar-refractivity contribution in [1.82, 2.24) is 5.32 Å². The summed E-state index contributed by atoms with van der Waals surface area (Å²) in [6.07, 6.45) is 2.05. The first-order chi connectivity index (χ1) is 6.68. The zero-order valence-electron chi connectivity index (χ0n) is 9.12. The minimum atomic E-state index is 0.444. The van der Waals surface area contributed by atoms with E-state index in [4.69, 9.17) is 10.5 Å². The van der Waals surface area contributed by atoms with Gasteiger partial charge in [-0.2, -0.15) is 0 Å². The molecule has 1 rings (SSSR count). The summed E-state index contributed by atoms with van der Waals surface area (Å²) in [5.74, 6) is 1.13. The molecule has 0 amide bonds. The largest absolute Gasteiger partial charge is 0.381 e. The van der Waals surface area contributed by atoms with Gasteiger partial charge in [-0.05, 0) is 18.8 Å². The summed E-state index contributed by atoms with van der Waals surface area (Å²) < 4.78 is 5.26. The Morgan fingerprint density at radius 1 is 1.50 bits per heavy atom. The van der Waals surface area contributed by atoms with Gasteiger partial charge in [0, 0.05) is 25.8 Å². The quantitative estimate of drug-likeness (QED) is 0.520. The second-order valence-electron chi connectivity index (χ2n) is 4.15. The van der Waals surface area contributed by atoms with Gasteiger partial charge in [0.1, 0.15) is 0 Å². The van der Waals surface area contributed by atoms with E-state index in [2.05, 4.69) is 24.2 Å². The topological polar surface area (TPSA) is 59.6 Å². The lowest BCUT2D eigenvalue weighted by Gasteiger charge is -2.23. The Morgan fingerprint density at radius 3 is 2.71 bits per heavy atom. The third-order valence-corrected chi connectivity index (χ3v) is 2.20. The molecule has 0 unspecified atom stereocenters. The maximum atomic E-state index is 5.75. The van der Waals surface area contributed by atoms with E-state index < -0.39 is 0 Å². The summed E-state index contributed by atoms with van der Waals surface area (Å²) in [5, 5.41) is 3.22. The summed E-state index contributed by atoms with van der Waals surface area (Å²) in [6, 6.07) is 0.444. The van der Waals surface area contributed by atoms with E-state index in [1.54, 1.807) is 0 Å². The van der Waals surface area contributed by atoms with Crippen LogP contribution in [0.3, 0.4) is 0 Å². The average molecular weight is 199 g/mol. The van der Waals surface area contributed by atoms with Crippen molar-refractivity contribution in [2.75, 3.05) is 19.8 Å². The van der Waals surface area contributed by atoms with Crippen LogP contribution >= 0.6 is 0 Å². The van der Waals surface area contributed by atoms with Crippen molar-refractivity contribution in [2.24, 2.45) is 16.6 Å². The van der Waals surface area contributed by atoms with Crippen molar-refractivity contribution in [3.8, 4) is 0 Å². The minimum Gasteiger partial charge on any atom is -0.381 e. The molecule has 4 heteroatoms. The fraction of sp³-hybridized carbons (Fsp3) is 0.900. The highest BCUT2D eigenvalue weighted by atomic mass is 16.5. The van der Waals surface area contributed by atoms with Gasteiger partial charge in [0.2, 0.25) is 0 Å². The van der Waals surface area contributed by atoms with Crippen LogP contribution in [0, 0.1) is 5.92 Å². The van der Waals surface area contributed by atoms with E-state index in [1.165, 1.54) is 0 Å². The molecule has 1 fully saturated rings. The Bertz CT molecular complexity index is 186. The monoisotopic (exact) mass is 199 g/mol. The number of rotatable bonds is 3. The molecule has 0 spiro atoms. The number of guanidine groups is 1. The fourth-order valence-electron chi connectivity index (χ4n) is 1.38. The third-order valence-electron chi connectivity index (χ3n) is 2.20. The molecule has 0 aliphatic carbocycles. The summed E-state index contributed by atoms with van der Waals surface area (Å²) >= 11 is 0. The molecule has 1 saturated heterocycles. The van der Waals surface area contributed by atoms with Crippen molar-refractivity contribution in [3.63, 3.8) is 0 Å². The zero-order valence-corrected chi connectivity index (χ0v) is 9.12. The summed E-state index contributed by atoms with van der Waals surface area (Å²) in [4.78, 5) is 4.26. The third kappa shape index (κ3) is 4.46. The summed E-state index contributed by atoms with van der Waals surface area (Å²) in [5.41, 5.74) is 5.75. The predicted molar refractivity (Wildman–Crippen MR) is 58.3 cm³/mol. The Balaban J connectivity index is 2.24. The molecule has 1 heterocycles.